The third kappa shape index (κ3) is 7.15. The van der Waals surface area contributed by atoms with Crippen LogP contribution in [-0.4, -0.2) is 48.2 Å². The third-order valence-corrected chi connectivity index (χ3v) is 3.75. The number of nitrogens with zero attached hydrogens (tertiary/aromatic N) is 1. The summed E-state index contributed by atoms with van der Waals surface area (Å²) >= 11 is 0. The van der Waals surface area contributed by atoms with Gasteiger partial charge in [-0.15, -0.1) is 0 Å². The van der Waals surface area contributed by atoms with E-state index in [0.717, 1.165) is 13.1 Å². The molecule has 0 bridgehead atoms. The highest BCUT2D eigenvalue weighted by Gasteiger charge is 2.18. The molecule has 0 aliphatic rings. The number of nitrogens with one attached hydrogen (secondary N) is 2. The summed E-state index contributed by atoms with van der Waals surface area (Å²) in [5, 5.41) is 14.1. The molecule has 0 saturated carbocycles. The second-order valence-corrected chi connectivity index (χ2v) is 5.28. The van der Waals surface area contributed by atoms with E-state index in [0.29, 0.717) is 19.5 Å². The van der Waals surface area contributed by atoms with Crippen LogP contribution in [0.5, 0.6) is 0 Å². The molecule has 0 aromatic heterocycles. The van der Waals surface area contributed by atoms with Crippen molar-refractivity contribution < 1.29 is 14.7 Å². The number of urea groups is 1. The number of carboxylic acid groups (broad SMARTS) is 1. The first-order valence-corrected chi connectivity index (χ1v) is 8.10. The van der Waals surface area contributed by atoms with Crippen LogP contribution in [0.3, 0.4) is 0 Å². The van der Waals surface area contributed by atoms with Crippen LogP contribution in [0.15, 0.2) is 30.3 Å². The summed E-state index contributed by atoms with van der Waals surface area (Å²) in [6.07, 6.45) is 0.493. The van der Waals surface area contributed by atoms with Gasteiger partial charge in [-0.05, 0) is 25.1 Å². The van der Waals surface area contributed by atoms with Crippen LogP contribution in [0.25, 0.3) is 0 Å². The van der Waals surface area contributed by atoms with E-state index in [9.17, 15) is 9.59 Å². The zero-order valence-corrected chi connectivity index (χ0v) is 13.9. The van der Waals surface area contributed by atoms with Gasteiger partial charge in [-0.2, -0.15) is 0 Å². The third-order valence-electron chi connectivity index (χ3n) is 3.75. The molecule has 2 amide bonds. The van der Waals surface area contributed by atoms with E-state index in [1.54, 1.807) is 0 Å². The first-order valence-electron chi connectivity index (χ1n) is 8.10. The lowest BCUT2D eigenvalue weighted by atomic mass is 10.1. The molecule has 1 aromatic carbocycles. The predicted molar refractivity (Wildman–Crippen MR) is 90.4 cm³/mol. The summed E-state index contributed by atoms with van der Waals surface area (Å²) in [4.78, 5) is 24.5. The summed E-state index contributed by atoms with van der Waals surface area (Å²) < 4.78 is 0. The molecular formula is C17H27N3O3. The van der Waals surface area contributed by atoms with Crippen LogP contribution in [-0.2, 0) is 4.79 Å². The minimum atomic E-state index is -0.849. The van der Waals surface area contributed by atoms with Gasteiger partial charge in [0, 0.05) is 19.5 Å². The Labute approximate surface area is 137 Å². The van der Waals surface area contributed by atoms with E-state index < -0.39 is 5.97 Å². The lowest BCUT2D eigenvalue weighted by Gasteiger charge is -2.30. The Kier molecular flexibility index (Phi) is 8.75. The summed E-state index contributed by atoms with van der Waals surface area (Å²) in [6.45, 7) is 6.88. The fourth-order valence-electron chi connectivity index (χ4n) is 2.49. The van der Waals surface area contributed by atoms with E-state index in [1.165, 1.54) is 5.56 Å². The van der Waals surface area contributed by atoms with Crippen molar-refractivity contribution in [1.29, 1.82) is 0 Å². The van der Waals surface area contributed by atoms with Crippen molar-refractivity contribution in [2.45, 2.75) is 32.7 Å². The summed E-state index contributed by atoms with van der Waals surface area (Å²) in [5.41, 5.74) is 1.17. The molecule has 0 radical (unpaired) electrons. The Hall–Kier alpha value is -2.08. The molecule has 1 atom stereocenters. The normalized spacial score (nSPS) is 12.0. The van der Waals surface area contributed by atoms with Gasteiger partial charge in [-0.25, -0.2) is 4.79 Å². The van der Waals surface area contributed by atoms with Gasteiger partial charge < -0.3 is 15.7 Å². The lowest BCUT2D eigenvalue weighted by Crippen LogP contribution is -2.42. The molecule has 0 heterocycles. The van der Waals surface area contributed by atoms with Crippen molar-refractivity contribution in [3.05, 3.63) is 35.9 Å². The van der Waals surface area contributed by atoms with Crippen molar-refractivity contribution in [2.24, 2.45) is 0 Å². The Balaban J connectivity index is 2.51. The van der Waals surface area contributed by atoms with Crippen molar-refractivity contribution in [1.82, 2.24) is 15.5 Å². The molecule has 6 heteroatoms. The highest BCUT2D eigenvalue weighted by Crippen LogP contribution is 2.19. The van der Waals surface area contributed by atoms with Gasteiger partial charge in [0.25, 0.3) is 0 Å². The molecule has 3 N–H and O–H groups in total. The minimum Gasteiger partial charge on any atom is -0.481 e. The standard InChI is InChI=1S/C17H27N3O3/c1-3-20(4-2)15(14-9-6-5-7-10-14)13-19-17(23)18-12-8-11-16(21)22/h5-7,9-10,15H,3-4,8,11-13H2,1-2H3,(H,21,22)(H2,18,19,23). The van der Waals surface area contributed by atoms with E-state index >= 15 is 0 Å². The second kappa shape index (κ2) is 10.6. The molecule has 0 aliphatic carbocycles. The largest absolute Gasteiger partial charge is 0.481 e. The average molecular weight is 321 g/mol. The molecule has 23 heavy (non-hydrogen) atoms. The topological polar surface area (TPSA) is 81.7 Å². The zero-order valence-electron chi connectivity index (χ0n) is 13.9. The van der Waals surface area contributed by atoms with Crippen LogP contribution < -0.4 is 10.6 Å². The number of benzene rings is 1. The molecule has 1 unspecified atom stereocenters. The average Bonchev–Trinajstić information content (AvgIpc) is 2.56. The van der Waals surface area contributed by atoms with E-state index in [1.807, 2.05) is 18.2 Å². The van der Waals surface area contributed by atoms with Crippen LogP contribution in [0.2, 0.25) is 0 Å². The lowest BCUT2D eigenvalue weighted by molar-refractivity contribution is -0.137. The fourth-order valence-corrected chi connectivity index (χ4v) is 2.49. The predicted octanol–water partition coefficient (Wildman–Crippen LogP) is 2.23. The van der Waals surface area contributed by atoms with Gasteiger partial charge in [0.15, 0.2) is 0 Å². The number of aliphatic carboxylic acids is 1. The summed E-state index contributed by atoms with van der Waals surface area (Å²) in [6, 6.07) is 9.96. The molecule has 128 valence electrons. The number of hydrogen-bond acceptors (Lipinski definition) is 3. The molecule has 1 rings (SSSR count). The number of likely N-dealkylation sites (N-methyl/N-ethyl adjacent to an activating group) is 1. The number of rotatable bonds is 10. The molecular weight excluding hydrogens is 294 g/mol. The van der Waals surface area contributed by atoms with E-state index in [4.69, 9.17) is 5.11 Å². The smallest absolute Gasteiger partial charge is 0.314 e. The Morgan fingerprint density at radius 1 is 1.13 bits per heavy atom. The van der Waals surface area contributed by atoms with Crippen LogP contribution in [0, 0.1) is 0 Å². The maximum Gasteiger partial charge on any atom is 0.314 e. The van der Waals surface area contributed by atoms with E-state index in [2.05, 4.69) is 41.5 Å². The number of carbonyl (C=O) groups is 2. The first kappa shape index (κ1) is 19.0. The van der Waals surface area contributed by atoms with Gasteiger partial charge in [0.2, 0.25) is 0 Å². The summed E-state index contributed by atoms with van der Waals surface area (Å²) in [7, 11) is 0. The van der Waals surface area contributed by atoms with Crippen molar-refractivity contribution in [3.8, 4) is 0 Å². The number of carboxylic acids is 1. The Morgan fingerprint density at radius 2 is 1.78 bits per heavy atom. The van der Waals surface area contributed by atoms with Gasteiger partial charge in [0.1, 0.15) is 0 Å². The highest BCUT2D eigenvalue weighted by molar-refractivity contribution is 5.74. The van der Waals surface area contributed by atoms with Gasteiger partial charge in [0.05, 0.1) is 6.04 Å². The van der Waals surface area contributed by atoms with Crippen LogP contribution in [0.1, 0.15) is 38.3 Å². The molecule has 0 spiro atoms. The molecule has 6 nitrogen and oxygen atoms in total. The SMILES string of the molecule is CCN(CC)C(CNC(=O)NCCCC(=O)O)c1ccccc1. The van der Waals surface area contributed by atoms with Gasteiger partial charge in [-0.3, -0.25) is 9.69 Å². The number of carbonyl (C=O) groups excluding carboxylic acids is 1. The molecule has 0 fully saturated rings. The van der Waals surface area contributed by atoms with Crippen LogP contribution in [0.4, 0.5) is 4.79 Å². The number of amides is 2. The Bertz CT molecular complexity index is 475. The Morgan fingerprint density at radius 3 is 2.35 bits per heavy atom. The molecule has 1 aromatic rings. The van der Waals surface area contributed by atoms with Gasteiger partial charge in [-0.1, -0.05) is 44.2 Å². The minimum absolute atomic E-state index is 0.0619. The van der Waals surface area contributed by atoms with E-state index in [-0.39, 0.29) is 18.5 Å². The van der Waals surface area contributed by atoms with Crippen molar-refractivity contribution >= 4 is 12.0 Å². The maximum absolute atomic E-state index is 11.8. The first-order chi connectivity index (χ1) is 11.1. The number of hydrogen-bond donors (Lipinski definition) is 3. The maximum atomic E-state index is 11.8. The van der Waals surface area contributed by atoms with Crippen LogP contribution >= 0.6 is 0 Å². The molecule has 0 saturated heterocycles. The second-order valence-electron chi connectivity index (χ2n) is 5.28. The van der Waals surface area contributed by atoms with Crippen molar-refractivity contribution in [2.75, 3.05) is 26.2 Å². The summed E-state index contributed by atoms with van der Waals surface area (Å²) in [5.74, 6) is -0.849. The molecule has 0 aliphatic heterocycles. The zero-order chi connectivity index (χ0) is 17.1. The van der Waals surface area contributed by atoms with Crippen molar-refractivity contribution in [3.63, 3.8) is 0 Å². The van der Waals surface area contributed by atoms with Gasteiger partial charge >= 0.3 is 12.0 Å². The monoisotopic (exact) mass is 321 g/mol. The fraction of sp³-hybridized carbons (Fsp3) is 0.529. The highest BCUT2D eigenvalue weighted by atomic mass is 16.4. The quantitative estimate of drug-likeness (QED) is 0.577.